The molecule has 3 aliphatic carbocycles. The molecule has 0 heterocycles. The predicted octanol–water partition coefficient (Wildman–Crippen LogP) is 2.33. The first-order chi connectivity index (χ1) is 8.17. The summed E-state index contributed by atoms with van der Waals surface area (Å²) in [5.41, 5.74) is 5.79. The largest absolute Gasteiger partial charge is 0.341 e. The highest BCUT2D eigenvalue weighted by Gasteiger charge is 2.42. The van der Waals surface area contributed by atoms with E-state index in [1.807, 2.05) is 0 Å². The zero-order valence-corrected chi connectivity index (χ0v) is 11.9. The minimum Gasteiger partial charge on any atom is -0.341 e. The number of carbonyl (C=O) groups excluding carboxylic acids is 1. The Hall–Kier alpha value is -0.280. The van der Waals surface area contributed by atoms with Crippen LogP contribution in [0.15, 0.2) is 0 Å². The SMILES string of the molecule is Cl.NC1(C(=O)N(CC2CC2)CC2CC2)CCCC1. The molecule has 0 saturated heterocycles. The van der Waals surface area contributed by atoms with E-state index in [1.54, 1.807) is 0 Å². The topological polar surface area (TPSA) is 46.3 Å². The van der Waals surface area contributed by atoms with Crippen molar-refractivity contribution in [3.05, 3.63) is 0 Å². The Balaban J connectivity index is 0.00000120. The lowest BCUT2D eigenvalue weighted by Crippen LogP contribution is -2.54. The molecule has 0 bridgehead atoms. The van der Waals surface area contributed by atoms with Gasteiger partial charge in [0.2, 0.25) is 5.91 Å². The van der Waals surface area contributed by atoms with E-state index in [9.17, 15) is 4.79 Å². The van der Waals surface area contributed by atoms with Crippen molar-refractivity contribution in [3.63, 3.8) is 0 Å². The minimum atomic E-state index is -0.510. The molecule has 3 rings (SSSR count). The van der Waals surface area contributed by atoms with Crippen LogP contribution in [0, 0.1) is 11.8 Å². The van der Waals surface area contributed by atoms with Crippen molar-refractivity contribution in [2.24, 2.45) is 17.6 Å². The Morgan fingerprint density at radius 3 is 1.89 bits per heavy atom. The van der Waals surface area contributed by atoms with Gasteiger partial charge in [0.05, 0.1) is 5.54 Å². The van der Waals surface area contributed by atoms with E-state index in [0.717, 1.165) is 50.6 Å². The highest BCUT2D eigenvalue weighted by molar-refractivity contribution is 5.86. The summed E-state index contributed by atoms with van der Waals surface area (Å²) < 4.78 is 0. The summed E-state index contributed by atoms with van der Waals surface area (Å²) in [7, 11) is 0. The van der Waals surface area contributed by atoms with Crippen LogP contribution in [-0.4, -0.2) is 29.4 Å². The monoisotopic (exact) mass is 272 g/mol. The molecule has 0 atom stereocenters. The van der Waals surface area contributed by atoms with E-state index in [4.69, 9.17) is 5.73 Å². The Labute approximate surface area is 116 Å². The summed E-state index contributed by atoms with van der Waals surface area (Å²) in [6.07, 6.45) is 9.30. The highest BCUT2D eigenvalue weighted by atomic mass is 35.5. The molecule has 3 aliphatic rings. The first-order valence-electron chi connectivity index (χ1n) is 7.26. The van der Waals surface area contributed by atoms with Gasteiger partial charge < -0.3 is 10.6 Å². The van der Waals surface area contributed by atoms with Crippen molar-refractivity contribution in [1.29, 1.82) is 0 Å². The third-order valence-electron chi connectivity index (χ3n) is 4.56. The average Bonchev–Trinajstić information content (AvgIpc) is 3.22. The molecule has 0 aromatic carbocycles. The molecule has 3 saturated carbocycles. The molecule has 0 aromatic heterocycles. The number of carbonyl (C=O) groups is 1. The van der Waals surface area contributed by atoms with Crippen molar-refractivity contribution >= 4 is 18.3 Å². The molecule has 0 aromatic rings. The van der Waals surface area contributed by atoms with Crippen LogP contribution < -0.4 is 5.73 Å². The maximum Gasteiger partial charge on any atom is 0.242 e. The first kappa shape index (κ1) is 14.1. The van der Waals surface area contributed by atoms with Gasteiger partial charge in [-0.1, -0.05) is 12.8 Å². The molecule has 104 valence electrons. The molecule has 18 heavy (non-hydrogen) atoms. The van der Waals surface area contributed by atoms with Crippen LogP contribution >= 0.6 is 12.4 Å². The van der Waals surface area contributed by atoms with Gasteiger partial charge in [-0.15, -0.1) is 12.4 Å². The Kier molecular flexibility index (Phi) is 4.22. The minimum absolute atomic E-state index is 0. The normalized spacial score (nSPS) is 25.6. The van der Waals surface area contributed by atoms with E-state index in [0.29, 0.717) is 0 Å². The zero-order valence-electron chi connectivity index (χ0n) is 11.1. The second kappa shape index (κ2) is 5.38. The van der Waals surface area contributed by atoms with Crippen LogP contribution in [0.5, 0.6) is 0 Å². The molecular weight excluding hydrogens is 248 g/mol. The van der Waals surface area contributed by atoms with Crippen LogP contribution in [0.25, 0.3) is 0 Å². The van der Waals surface area contributed by atoms with E-state index in [1.165, 1.54) is 25.7 Å². The lowest BCUT2D eigenvalue weighted by molar-refractivity contribution is -0.137. The molecule has 0 spiro atoms. The van der Waals surface area contributed by atoms with Crippen LogP contribution in [-0.2, 0) is 4.79 Å². The van der Waals surface area contributed by atoms with Gasteiger partial charge in [-0.25, -0.2) is 0 Å². The van der Waals surface area contributed by atoms with Gasteiger partial charge in [0.25, 0.3) is 0 Å². The molecule has 0 radical (unpaired) electrons. The molecule has 3 nitrogen and oxygen atoms in total. The predicted molar refractivity (Wildman–Crippen MR) is 74.7 cm³/mol. The third-order valence-corrected chi connectivity index (χ3v) is 4.56. The molecule has 3 fully saturated rings. The van der Waals surface area contributed by atoms with Crippen LogP contribution in [0.2, 0.25) is 0 Å². The highest BCUT2D eigenvalue weighted by Crippen LogP contribution is 2.36. The van der Waals surface area contributed by atoms with Crippen LogP contribution in [0.4, 0.5) is 0 Å². The number of hydrogen-bond acceptors (Lipinski definition) is 2. The summed E-state index contributed by atoms with van der Waals surface area (Å²) in [6, 6.07) is 0. The number of halogens is 1. The fraction of sp³-hybridized carbons (Fsp3) is 0.929. The zero-order chi connectivity index (χ0) is 11.9. The average molecular weight is 273 g/mol. The van der Waals surface area contributed by atoms with Gasteiger partial charge >= 0.3 is 0 Å². The second-order valence-corrected chi connectivity index (χ2v) is 6.46. The second-order valence-electron chi connectivity index (χ2n) is 6.46. The van der Waals surface area contributed by atoms with Crippen molar-refractivity contribution in [1.82, 2.24) is 4.90 Å². The number of hydrogen-bond donors (Lipinski definition) is 1. The molecule has 0 aliphatic heterocycles. The van der Waals surface area contributed by atoms with Crippen molar-refractivity contribution in [2.45, 2.75) is 56.9 Å². The van der Waals surface area contributed by atoms with Gasteiger partial charge in [-0.05, 0) is 50.4 Å². The molecule has 0 unspecified atom stereocenters. The summed E-state index contributed by atoms with van der Waals surface area (Å²) in [5, 5.41) is 0. The number of nitrogens with zero attached hydrogens (tertiary/aromatic N) is 1. The lowest BCUT2D eigenvalue weighted by Gasteiger charge is -2.31. The maximum absolute atomic E-state index is 12.6. The number of amides is 1. The smallest absolute Gasteiger partial charge is 0.242 e. The fourth-order valence-corrected chi connectivity index (χ4v) is 3.00. The van der Waals surface area contributed by atoms with E-state index < -0.39 is 5.54 Å². The van der Waals surface area contributed by atoms with E-state index >= 15 is 0 Å². The van der Waals surface area contributed by atoms with Gasteiger partial charge in [-0.2, -0.15) is 0 Å². The fourth-order valence-electron chi connectivity index (χ4n) is 3.00. The first-order valence-corrected chi connectivity index (χ1v) is 7.26. The summed E-state index contributed by atoms with van der Waals surface area (Å²) >= 11 is 0. The number of nitrogens with two attached hydrogens (primary N) is 1. The van der Waals surface area contributed by atoms with Crippen LogP contribution in [0.3, 0.4) is 0 Å². The van der Waals surface area contributed by atoms with Gasteiger partial charge in [0.15, 0.2) is 0 Å². The number of rotatable bonds is 5. The summed E-state index contributed by atoms with van der Waals surface area (Å²) in [5.74, 6) is 1.82. The summed E-state index contributed by atoms with van der Waals surface area (Å²) in [6.45, 7) is 1.96. The van der Waals surface area contributed by atoms with Gasteiger partial charge in [0.1, 0.15) is 0 Å². The molecular formula is C14H25ClN2O. The lowest BCUT2D eigenvalue weighted by atomic mass is 9.96. The Bertz CT molecular complexity index is 293. The van der Waals surface area contributed by atoms with Gasteiger partial charge in [-0.3, -0.25) is 4.79 Å². The van der Waals surface area contributed by atoms with Crippen molar-refractivity contribution < 1.29 is 4.79 Å². The van der Waals surface area contributed by atoms with E-state index in [-0.39, 0.29) is 18.3 Å². The van der Waals surface area contributed by atoms with E-state index in [2.05, 4.69) is 4.90 Å². The summed E-state index contributed by atoms with van der Waals surface area (Å²) in [4.78, 5) is 14.7. The van der Waals surface area contributed by atoms with Crippen molar-refractivity contribution in [2.75, 3.05) is 13.1 Å². The maximum atomic E-state index is 12.6. The molecule has 4 heteroatoms. The molecule has 1 amide bonds. The molecule has 2 N–H and O–H groups in total. The third kappa shape index (κ3) is 3.18. The standard InChI is InChI=1S/C14H24N2O.ClH/c15-14(7-1-2-8-14)13(17)16(9-11-3-4-11)10-12-5-6-12;/h11-12H,1-10,15H2;1H. The Morgan fingerprint density at radius 2 is 1.50 bits per heavy atom. The Morgan fingerprint density at radius 1 is 1.06 bits per heavy atom. The quantitative estimate of drug-likeness (QED) is 0.835. The van der Waals surface area contributed by atoms with Crippen LogP contribution in [0.1, 0.15) is 51.4 Å². The van der Waals surface area contributed by atoms with Gasteiger partial charge in [0, 0.05) is 13.1 Å². The van der Waals surface area contributed by atoms with Crippen molar-refractivity contribution in [3.8, 4) is 0 Å².